The molecule has 0 atom stereocenters. The second kappa shape index (κ2) is 8.26. The number of rotatable bonds is 6. The van der Waals surface area contributed by atoms with E-state index < -0.39 is 0 Å². The molecule has 2 aromatic carbocycles. The number of amides is 1. The number of hydrogen-bond donors (Lipinski definition) is 1. The zero-order chi connectivity index (χ0) is 20.1. The first kappa shape index (κ1) is 18.2. The van der Waals surface area contributed by atoms with Crippen molar-refractivity contribution in [3.63, 3.8) is 0 Å². The Morgan fingerprint density at radius 1 is 0.931 bits per heavy atom. The molecule has 4 aromatic rings. The molecule has 0 bridgehead atoms. The Morgan fingerprint density at radius 3 is 2.41 bits per heavy atom. The van der Waals surface area contributed by atoms with Crippen molar-refractivity contribution in [3.8, 4) is 23.0 Å². The summed E-state index contributed by atoms with van der Waals surface area (Å²) in [5.74, 6) is 1.53. The summed E-state index contributed by atoms with van der Waals surface area (Å²) in [6.07, 6.45) is 1.52. The Balaban J connectivity index is 1.41. The van der Waals surface area contributed by atoms with Crippen molar-refractivity contribution in [2.45, 2.75) is 6.54 Å². The van der Waals surface area contributed by atoms with Gasteiger partial charge in [-0.25, -0.2) is 4.68 Å². The molecule has 0 saturated carbocycles. The number of anilines is 1. The maximum absolute atomic E-state index is 12.3. The molecule has 0 fully saturated rings. The van der Waals surface area contributed by atoms with Gasteiger partial charge in [-0.2, -0.15) is 5.10 Å². The number of carbonyl (C=O) groups is 1. The number of benzene rings is 2. The molecule has 1 amide bonds. The molecule has 0 aliphatic heterocycles. The van der Waals surface area contributed by atoms with Gasteiger partial charge in [0.1, 0.15) is 23.7 Å². The van der Waals surface area contributed by atoms with Crippen molar-refractivity contribution >= 4 is 11.6 Å². The van der Waals surface area contributed by atoms with Gasteiger partial charge >= 0.3 is 0 Å². The standard InChI is InChI=1S/C22H17N3O4/c26-21(15-25-22(27)13-12-19(24-25)20-7-4-14-28-20)23-16-8-10-18(11-9-16)29-17-5-2-1-3-6-17/h1-14H,15H2,(H,23,26). The summed E-state index contributed by atoms with van der Waals surface area (Å²) in [6, 6.07) is 22.7. The second-order valence-electron chi connectivity index (χ2n) is 6.18. The SMILES string of the molecule is O=C(Cn1nc(-c2ccco2)ccc1=O)Nc1ccc(Oc2ccccc2)cc1. The number of nitrogens with zero attached hydrogens (tertiary/aromatic N) is 2. The highest BCUT2D eigenvalue weighted by Gasteiger charge is 2.10. The third-order valence-electron chi connectivity index (χ3n) is 4.05. The fraction of sp³-hybridized carbons (Fsp3) is 0.0455. The average molecular weight is 387 g/mol. The molecule has 144 valence electrons. The van der Waals surface area contributed by atoms with Crippen molar-refractivity contribution in [3.05, 3.63) is 95.5 Å². The smallest absolute Gasteiger partial charge is 0.267 e. The van der Waals surface area contributed by atoms with E-state index in [1.54, 1.807) is 42.5 Å². The van der Waals surface area contributed by atoms with Crippen molar-refractivity contribution in [2.24, 2.45) is 0 Å². The summed E-state index contributed by atoms with van der Waals surface area (Å²) in [5, 5.41) is 6.93. The van der Waals surface area contributed by atoms with Crippen LogP contribution in [0.1, 0.15) is 0 Å². The van der Waals surface area contributed by atoms with Gasteiger partial charge in [0.2, 0.25) is 5.91 Å². The molecular formula is C22H17N3O4. The Labute approximate surface area is 166 Å². The van der Waals surface area contributed by atoms with Gasteiger partial charge in [-0.05, 0) is 54.6 Å². The lowest BCUT2D eigenvalue weighted by molar-refractivity contribution is -0.117. The fourth-order valence-corrected chi connectivity index (χ4v) is 2.69. The monoisotopic (exact) mass is 387 g/mol. The molecule has 1 N–H and O–H groups in total. The van der Waals surface area contributed by atoms with Crippen molar-refractivity contribution in [1.82, 2.24) is 9.78 Å². The van der Waals surface area contributed by atoms with Crippen LogP contribution in [0.25, 0.3) is 11.5 Å². The molecule has 0 saturated heterocycles. The molecule has 0 spiro atoms. The van der Waals surface area contributed by atoms with E-state index in [0.29, 0.717) is 22.9 Å². The Hall–Kier alpha value is -4.13. The van der Waals surface area contributed by atoms with Gasteiger partial charge in [-0.15, -0.1) is 0 Å². The van der Waals surface area contributed by atoms with E-state index in [2.05, 4.69) is 10.4 Å². The summed E-state index contributed by atoms with van der Waals surface area (Å²) in [7, 11) is 0. The number of aromatic nitrogens is 2. The highest BCUT2D eigenvalue weighted by Crippen LogP contribution is 2.22. The minimum absolute atomic E-state index is 0.213. The zero-order valence-corrected chi connectivity index (χ0v) is 15.3. The van der Waals surface area contributed by atoms with Crippen LogP contribution in [0.3, 0.4) is 0 Å². The predicted octanol–water partition coefficient (Wildman–Crippen LogP) is 3.93. The van der Waals surface area contributed by atoms with Crippen LogP contribution in [0.15, 0.2) is 94.3 Å². The Morgan fingerprint density at radius 2 is 1.69 bits per heavy atom. The maximum atomic E-state index is 12.3. The lowest BCUT2D eigenvalue weighted by atomic mass is 10.3. The van der Waals surface area contributed by atoms with E-state index >= 15 is 0 Å². The quantitative estimate of drug-likeness (QED) is 0.542. The van der Waals surface area contributed by atoms with Gasteiger partial charge in [0.15, 0.2) is 5.76 Å². The second-order valence-corrected chi connectivity index (χ2v) is 6.18. The van der Waals surface area contributed by atoms with Gasteiger partial charge in [-0.1, -0.05) is 18.2 Å². The van der Waals surface area contributed by atoms with Crippen LogP contribution in [-0.2, 0) is 11.3 Å². The third-order valence-corrected chi connectivity index (χ3v) is 4.05. The molecule has 0 aliphatic carbocycles. The summed E-state index contributed by atoms with van der Waals surface area (Å²) in [4.78, 5) is 24.4. The van der Waals surface area contributed by atoms with E-state index in [1.807, 2.05) is 30.3 Å². The van der Waals surface area contributed by atoms with Crippen molar-refractivity contribution in [1.29, 1.82) is 0 Å². The summed E-state index contributed by atoms with van der Waals surface area (Å²) < 4.78 is 12.1. The van der Waals surface area contributed by atoms with Gasteiger partial charge < -0.3 is 14.5 Å². The number of hydrogen-bond acceptors (Lipinski definition) is 5. The molecule has 0 radical (unpaired) electrons. The molecular weight excluding hydrogens is 370 g/mol. The highest BCUT2D eigenvalue weighted by atomic mass is 16.5. The fourth-order valence-electron chi connectivity index (χ4n) is 2.69. The van der Waals surface area contributed by atoms with Crippen molar-refractivity contribution in [2.75, 3.05) is 5.32 Å². The third kappa shape index (κ3) is 4.59. The van der Waals surface area contributed by atoms with Crippen LogP contribution >= 0.6 is 0 Å². The van der Waals surface area contributed by atoms with Gasteiger partial charge in [0.05, 0.1) is 6.26 Å². The Bertz CT molecular complexity index is 1150. The largest absolute Gasteiger partial charge is 0.463 e. The van der Waals surface area contributed by atoms with E-state index in [-0.39, 0.29) is 18.0 Å². The molecule has 4 rings (SSSR count). The van der Waals surface area contributed by atoms with Gasteiger partial charge in [-0.3, -0.25) is 9.59 Å². The van der Waals surface area contributed by atoms with Crippen molar-refractivity contribution < 1.29 is 13.9 Å². The van der Waals surface area contributed by atoms with Gasteiger partial charge in [0, 0.05) is 11.8 Å². The van der Waals surface area contributed by atoms with Gasteiger partial charge in [0.25, 0.3) is 5.56 Å². The highest BCUT2D eigenvalue weighted by molar-refractivity contribution is 5.90. The minimum atomic E-state index is -0.373. The number of para-hydroxylation sites is 1. The number of ether oxygens (including phenoxy) is 1. The average Bonchev–Trinajstić information content (AvgIpc) is 3.27. The lowest BCUT2D eigenvalue weighted by Gasteiger charge is -2.09. The topological polar surface area (TPSA) is 86.4 Å². The zero-order valence-electron chi connectivity index (χ0n) is 15.3. The minimum Gasteiger partial charge on any atom is -0.463 e. The van der Waals surface area contributed by atoms with Crippen LogP contribution in [0.2, 0.25) is 0 Å². The van der Waals surface area contributed by atoms with Crippen LogP contribution in [0.4, 0.5) is 5.69 Å². The van der Waals surface area contributed by atoms with Crippen LogP contribution in [-0.4, -0.2) is 15.7 Å². The van der Waals surface area contributed by atoms with Crippen LogP contribution < -0.4 is 15.6 Å². The number of nitrogens with one attached hydrogen (secondary N) is 1. The molecule has 7 heteroatoms. The molecule has 2 heterocycles. The number of carbonyl (C=O) groups excluding carboxylic acids is 1. The van der Waals surface area contributed by atoms with E-state index in [4.69, 9.17) is 9.15 Å². The van der Waals surface area contributed by atoms with Crippen LogP contribution in [0, 0.1) is 0 Å². The normalized spacial score (nSPS) is 10.5. The first-order chi connectivity index (χ1) is 14.2. The molecule has 0 unspecified atom stereocenters. The summed E-state index contributed by atoms with van der Waals surface area (Å²) >= 11 is 0. The molecule has 29 heavy (non-hydrogen) atoms. The lowest BCUT2D eigenvalue weighted by Crippen LogP contribution is -2.29. The van der Waals surface area contributed by atoms with E-state index in [0.717, 1.165) is 10.4 Å². The Kier molecular flexibility index (Phi) is 5.20. The van der Waals surface area contributed by atoms with E-state index in [1.165, 1.54) is 12.3 Å². The summed E-state index contributed by atoms with van der Waals surface area (Å²) in [6.45, 7) is -0.213. The van der Waals surface area contributed by atoms with Crippen LogP contribution in [0.5, 0.6) is 11.5 Å². The summed E-state index contributed by atoms with van der Waals surface area (Å²) in [5.41, 5.74) is 0.692. The first-order valence-corrected chi connectivity index (χ1v) is 8.92. The number of furan rings is 1. The van der Waals surface area contributed by atoms with E-state index in [9.17, 15) is 9.59 Å². The molecule has 0 aliphatic rings. The molecule has 2 aromatic heterocycles. The maximum Gasteiger partial charge on any atom is 0.267 e. The molecule has 7 nitrogen and oxygen atoms in total. The predicted molar refractivity (Wildman–Crippen MR) is 108 cm³/mol. The first-order valence-electron chi connectivity index (χ1n) is 8.92.